The molecule has 0 aliphatic heterocycles. The van der Waals surface area contributed by atoms with Crippen LogP contribution in [0.4, 0.5) is 0 Å². The summed E-state index contributed by atoms with van der Waals surface area (Å²) in [5.74, 6) is 0.313. The Hall–Kier alpha value is -0.790. The number of hydrogen-bond acceptors (Lipinski definition) is 2. The number of hydrogen-bond donors (Lipinski definition) is 2. The number of phenols is 1. The van der Waals surface area contributed by atoms with E-state index in [0.717, 1.165) is 16.7 Å². The standard InChI is InChI=1S/C19H33O3P/c1-9-16(23(21,22)10-2)13-11-14(18(3,4)5)17(20)15(12-13)19(6,7)8/h11-12,16,20H,9-10H2,1-8H3,(H,21,22). The first-order chi connectivity index (χ1) is 10.3. The van der Waals surface area contributed by atoms with Gasteiger partial charge in [0, 0.05) is 6.16 Å². The zero-order chi connectivity index (χ0) is 18.2. The molecule has 0 spiro atoms. The van der Waals surface area contributed by atoms with Gasteiger partial charge in [-0.15, -0.1) is 0 Å². The van der Waals surface area contributed by atoms with Crippen LogP contribution in [0.5, 0.6) is 5.75 Å². The van der Waals surface area contributed by atoms with Gasteiger partial charge in [0.05, 0.1) is 5.66 Å². The molecule has 132 valence electrons. The lowest BCUT2D eigenvalue weighted by Crippen LogP contribution is -2.18. The highest BCUT2D eigenvalue weighted by Crippen LogP contribution is 2.58. The van der Waals surface area contributed by atoms with Crippen molar-refractivity contribution in [3.05, 3.63) is 28.8 Å². The highest BCUT2D eigenvalue weighted by molar-refractivity contribution is 7.58. The van der Waals surface area contributed by atoms with Gasteiger partial charge in [-0.25, -0.2) is 0 Å². The Labute approximate surface area is 141 Å². The minimum absolute atomic E-state index is 0.232. The topological polar surface area (TPSA) is 57.5 Å². The van der Waals surface area contributed by atoms with Crippen LogP contribution in [-0.2, 0) is 15.4 Å². The lowest BCUT2D eigenvalue weighted by Gasteiger charge is -2.30. The molecule has 0 saturated heterocycles. The van der Waals surface area contributed by atoms with Crippen LogP contribution in [0.2, 0.25) is 0 Å². The lowest BCUT2D eigenvalue weighted by atomic mass is 9.78. The molecule has 0 aliphatic rings. The number of benzene rings is 1. The van der Waals surface area contributed by atoms with Crippen molar-refractivity contribution in [3.63, 3.8) is 0 Å². The molecule has 1 rings (SSSR count). The van der Waals surface area contributed by atoms with Crippen molar-refractivity contribution >= 4 is 7.37 Å². The smallest absolute Gasteiger partial charge is 0.207 e. The van der Waals surface area contributed by atoms with Gasteiger partial charge in [-0.3, -0.25) is 4.57 Å². The second kappa shape index (κ2) is 6.61. The SMILES string of the molecule is CCC(c1cc(C(C)(C)C)c(O)c(C(C)(C)C)c1)P(=O)(O)CC. The average molecular weight is 340 g/mol. The molecule has 0 bridgehead atoms. The Bertz CT molecular complexity index is 571. The summed E-state index contributed by atoms with van der Waals surface area (Å²) in [7, 11) is -3.25. The molecule has 0 aliphatic carbocycles. The summed E-state index contributed by atoms with van der Waals surface area (Å²) < 4.78 is 12.6. The Balaban J connectivity index is 3.72. The van der Waals surface area contributed by atoms with Crippen LogP contribution in [0.25, 0.3) is 0 Å². The zero-order valence-electron chi connectivity index (χ0n) is 15.9. The average Bonchev–Trinajstić information content (AvgIpc) is 2.38. The van der Waals surface area contributed by atoms with Crippen molar-refractivity contribution in [2.75, 3.05) is 6.16 Å². The van der Waals surface area contributed by atoms with Crippen LogP contribution in [0.1, 0.15) is 84.2 Å². The van der Waals surface area contributed by atoms with Gasteiger partial charge < -0.3 is 10.00 Å². The Kier molecular flexibility index (Phi) is 5.82. The van der Waals surface area contributed by atoms with Crippen LogP contribution < -0.4 is 0 Å². The third-order valence-electron chi connectivity index (χ3n) is 4.46. The van der Waals surface area contributed by atoms with Gasteiger partial charge in [0.15, 0.2) is 0 Å². The van der Waals surface area contributed by atoms with Crippen molar-refractivity contribution < 1.29 is 14.6 Å². The Morgan fingerprint density at radius 3 is 1.65 bits per heavy atom. The van der Waals surface area contributed by atoms with E-state index in [2.05, 4.69) is 41.5 Å². The molecule has 2 atom stereocenters. The summed E-state index contributed by atoms with van der Waals surface area (Å²) in [5.41, 5.74) is 1.71. The van der Waals surface area contributed by atoms with Gasteiger partial charge in [0.1, 0.15) is 5.75 Å². The molecule has 2 unspecified atom stereocenters. The Morgan fingerprint density at radius 1 is 1.00 bits per heavy atom. The van der Waals surface area contributed by atoms with E-state index in [-0.39, 0.29) is 22.7 Å². The van der Waals surface area contributed by atoms with E-state index < -0.39 is 7.37 Å². The zero-order valence-corrected chi connectivity index (χ0v) is 16.8. The molecule has 0 aromatic heterocycles. The van der Waals surface area contributed by atoms with Crippen molar-refractivity contribution in [1.82, 2.24) is 0 Å². The quantitative estimate of drug-likeness (QED) is 0.688. The molecule has 1 aromatic carbocycles. The van der Waals surface area contributed by atoms with E-state index in [9.17, 15) is 14.6 Å². The van der Waals surface area contributed by atoms with Crippen LogP contribution >= 0.6 is 7.37 Å². The fourth-order valence-electron chi connectivity index (χ4n) is 2.97. The fourth-order valence-corrected chi connectivity index (χ4v) is 4.59. The predicted octanol–water partition coefficient (Wildman–Crippen LogP) is 5.73. The van der Waals surface area contributed by atoms with Crippen LogP contribution in [-0.4, -0.2) is 16.2 Å². The minimum Gasteiger partial charge on any atom is -0.507 e. The van der Waals surface area contributed by atoms with Gasteiger partial charge >= 0.3 is 0 Å². The molecule has 0 saturated carbocycles. The molecule has 0 heterocycles. The summed E-state index contributed by atoms with van der Waals surface area (Å²) in [6.07, 6.45) is 0.877. The van der Waals surface area contributed by atoms with E-state index in [0.29, 0.717) is 12.2 Å². The summed E-state index contributed by atoms with van der Waals surface area (Å²) in [6.45, 7) is 16.0. The number of phenolic OH excluding ortho intramolecular Hbond substituents is 1. The summed E-state index contributed by atoms with van der Waals surface area (Å²) >= 11 is 0. The monoisotopic (exact) mass is 340 g/mol. The molecule has 1 aromatic rings. The molecule has 4 heteroatoms. The Morgan fingerprint density at radius 2 is 1.39 bits per heavy atom. The molecule has 0 amide bonds. The summed E-state index contributed by atoms with van der Waals surface area (Å²) in [6, 6.07) is 3.86. The normalized spacial score (nSPS) is 16.9. The maximum Gasteiger partial charge on any atom is 0.207 e. The van der Waals surface area contributed by atoms with Gasteiger partial charge in [0.2, 0.25) is 7.37 Å². The van der Waals surface area contributed by atoms with Crippen LogP contribution in [0.15, 0.2) is 12.1 Å². The highest BCUT2D eigenvalue weighted by atomic mass is 31.2. The summed E-state index contributed by atoms with van der Waals surface area (Å²) in [5, 5.41) is 10.8. The second-order valence-electron chi connectivity index (χ2n) is 8.46. The maximum atomic E-state index is 12.6. The van der Waals surface area contributed by atoms with E-state index >= 15 is 0 Å². The third-order valence-corrected chi connectivity index (χ3v) is 7.00. The molecule has 2 N–H and O–H groups in total. The van der Waals surface area contributed by atoms with Crippen molar-refractivity contribution in [2.45, 2.75) is 78.3 Å². The second-order valence-corrected chi connectivity index (χ2v) is 11.2. The number of rotatable bonds is 4. The summed E-state index contributed by atoms with van der Waals surface area (Å²) in [4.78, 5) is 10.4. The van der Waals surface area contributed by atoms with Crippen molar-refractivity contribution in [1.29, 1.82) is 0 Å². The first-order valence-corrected chi connectivity index (χ1v) is 10.4. The predicted molar refractivity (Wildman–Crippen MR) is 98.9 cm³/mol. The van der Waals surface area contributed by atoms with Gasteiger partial charge in [-0.1, -0.05) is 67.5 Å². The first-order valence-electron chi connectivity index (χ1n) is 8.45. The molecule has 23 heavy (non-hydrogen) atoms. The van der Waals surface area contributed by atoms with Crippen LogP contribution in [0, 0.1) is 0 Å². The molecular formula is C19H33O3P. The molecule has 0 fully saturated rings. The van der Waals surface area contributed by atoms with Crippen LogP contribution in [0.3, 0.4) is 0 Å². The molecule has 3 nitrogen and oxygen atoms in total. The van der Waals surface area contributed by atoms with Gasteiger partial charge in [-0.05, 0) is 33.9 Å². The van der Waals surface area contributed by atoms with Crippen molar-refractivity contribution in [2.24, 2.45) is 0 Å². The largest absolute Gasteiger partial charge is 0.507 e. The number of aromatic hydroxyl groups is 1. The van der Waals surface area contributed by atoms with E-state index in [4.69, 9.17) is 0 Å². The molecule has 0 radical (unpaired) electrons. The first kappa shape index (κ1) is 20.3. The van der Waals surface area contributed by atoms with E-state index in [1.54, 1.807) is 6.92 Å². The van der Waals surface area contributed by atoms with E-state index in [1.807, 2.05) is 19.1 Å². The lowest BCUT2D eigenvalue weighted by molar-refractivity contribution is 0.421. The third kappa shape index (κ3) is 4.39. The van der Waals surface area contributed by atoms with Gasteiger partial charge in [-0.2, -0.15) is 0 Å². The highest BCUT2D eigenvalue weighted by Gasteiger charge is 2.33. The van der Waals surface area contributed by atoms with Crippen molar-refractivity contribution in [3.8, 4) is 5.75 Å². The minimum atomic E-state index is -3.25. The molecular weight excluding hydrogens is 307 g/mol. The maximum absolute atomic E-state index is 12.6. The fraction of sp³-hybridized carbons (Fsp3) is 0.684. The van der Waals surface area contributed by atoms with E-state index in [1.165, 1.54) is 0 Å². The van der Waals surface area contributed by atoms with Gasteiger partial charge in [0.25, 0.3) is 0 Å².